The van der Waals surface area contributed by atoms with E-state index in [9.17, 15) is 4.39 Å². The van der Waals surface area contributed by atoms with Gasteiger partial charge in [-0.25, -0.2) is 4.39 Å². The Morgan fingerprint density at radius 1 is 1.15 bits per heavy atom. The fraction of sp³-hybridized carbons (Fsp3) is 0.125. The molecule has 1 aromatic heterocycles. The minimum Gasteiger partial charge on any atom is -0.496 e. The number of fused-ring (bicyclic) bond motifs is 1. The van der Waals surface area contributed by atoms with Crippen molar-refractivity contribution in [3.63, 3.8) is 0 Å². The van der Waals surface area contributed by atoms with Gasteiger partial charge in [-0.2, -0.15) is 0 Å². The van der Waals surface area contributed by atoms with Crippen LogP contribution in [0.2, 0.25) is 0 Å². The molecule has 102 valence electrons. The van der Waals surface area contributed by atoms with E-state index in [-0.39, 0.29) is 11.4 Å². The van der Waals surface area contributed by atoms with E-state index >= 15 is 0 Å². The third-order valence-electron chi connectivity index (χ3n) is 3.30. The van der Waals surface area contributed by atoms with Crippen molar-refractivity contribution in [1.29, 1.82) is 0 Å². The molecule has 0 aliphatic carbocycles. The van der Waals surface area contributed by atoms with E-state index in [1.165, 1.54) is 6.07 Å². The highest BCUT2D eigenvalue weighted by atomic mass is 19.1. The molecular weight excluding hydrogens is 257 g/mol. The molecule has 3 rings (SSSR count). The van der Waals surface area contributed by atoms with Gasteiger partial charge < -0.3 is 14.9 Å². The minimum absolute atomic E-state index is 0.229. The van der Waals surface area contributed by atoms with Crippen LogP contribution >= 0.6 is 0 Å². The summed E-state index contributed by atoms with van der Waals surface area (Å²) in [6.45, 7) is 0. The van der Waals surface area contributed by atoms with Crippen LogP contribution in [0, 0.1) is 5.82 Å². The predicted octanol–water partition coefficient (Wildman–Crippen LogP) is 3.63. The molecule has 1 unspecified atom stereocenters. The quantitative estimate of drug-likeness (QED) is 0.791. The van der Waals surface area contributed by atoms with E-state index in [0.29, 0.717) is 16.9 Å². The summed E-state index contributed by atoms with van der Waals surface area (Å²) in [5.41, 5.74) is 7.24. The van der Waals surface area contributed by atoms with Gasteiger partial charge in [-0.15, -0.1) is 0 Å². The number of rotatable bonds is 3. The smallest absolute Gasteiger partial charge is 0.169 e. The Labute approximate surface area is 115 Å². The molecule has 0 amide bonds. The van der Waals surface area contributed by atoms with Crippen LogP contribution in [-0.2, 0) is 0 Å². The second kappa shape index (κ2) is 4.98. The van der Waals surface area contributed by atoms with Gasteiger partial charge in [-0.1, -0.05) is 30.3 Å². The molecule has 20 heavy (non-hydrogen) atoms. The summed E-state index contributed by atoms with van der Waals surface area (Å²) in [6.07, 6.45) is 0. The number of benzene rings is 2. The third-order valence-corrected chi connectivity index (χ3v) is 3.30. The number of furan rings is 1. The second-order valence-electron chi connectivity index (χ2n) is 4.53. The molecule has 0 saturated carbocycles. The predicted molar refractivity (Wildman–Crippen MR) is 75.2 cm³/mol. The first-order valence-electron chi connectivity index (χ1n) is 6.27. The summed E-state index contributed by atoms with van der Waals surface area (Å²) < 4.78 is 24.5. The number of methoxy groups -OCH3 is 1. The highest BCUT2D eigenvalue weighted by Gasteiger charge is 2.18. The summed E-state index contributed by atoms with van der Waals surface area (Å²) in [5.74, 6) is 0.802. The third kappa shape index (κ3) is 2.04. The van der Waals surface area contributed by atoms with Crippen LogP contribution in [0.3, 0.4) is 0 Å². The van der Waals surface area contributed by atoms with Gasteiger partial charge in [0.15, 0.2) is 11.4 Å². The molecule has 1 heterocycles. The zero-order chi connectivity index (χ0) is 14.1. The highest BCUT2D eigenvalue weighted by molar-refractivity contribution is 5.78. The van der Waals surface area contributed by atoms with E-state index in [0.717, 1.165) is 5.56 Å². The Hall–Kier alpha value is -2.33. The van der Waals surface area contributed by atoms with Crippen molar-refractivity contribution in [3.05, 3.63) is 65.7 Å². The number of hydrogen-bond donors (Lipinski definition) is 1. The molecular formula is C16H14FNO2. The topological polar surface area (TPSA) is 48.4 Å². The van der Waals surface area contributed by atoms with Crippen molar-refractivity contribution in [2.24, 2.45) is 5.73 Å². The molecule has 4 heteroatoms. The summed E-state index contributed by atoms with van der Waals surface area (Å²) in [7, 11) is 1.59. The van der Waals surface area contributed by atoms with Crippen LogP contribution in [0.25, 0.3) is 11.0 Å². The molecule has 0 radical (unpaired) electrons. The van der Waals surface area contributed by atoms with Crippen LogP contribution in [0.5, 0.6) is 5.75 Å². The molecule has 2 aromatic carbocycles. The molecule has 3 nitrogen and oxygen atoms in total. The molecule has 3 aromatic rings. The van der Waals surface area contributed by atoms with Gasteiger partial charge in [0.25, 0.3) is 0 Å². The summed E-state index contributed by atoms with van der Waals surface area (Å²) in [5, 5.41) is 0.699. The lowest BCUT2D eigenvalue weighted by atomic mass is 10.0. The standard InChI is InChI=1S/C16H14FNO2/c1-19-13-8-3-2-6-11(13)15(18)14-9-10-5-4-7-12(17)16(10)20-14/h2-9,15H,18H2,1H3. The first-order valence-corrected chi connectivity index (χ1v) is 6.27. The number of para-hydroxylation sites is 2. The second-order valence-corrected chi connectivity index (χ2v) is 4.53. The molecule has 0 spiro atoms. The Bertz CT molecular complexity index is 751. The van der Waals surface area contributed by atoms with Gasteiger partial charge in [0.2, 0.25) is 0 Å². The molecule has 0 saturated heterocycles. The Balaban J connectivity index is 2.08. The van der Waals surface area contributed by atoms with Crippen LogP contribution in [0.15, 0.2) is 52.9 Å². The monoisotopic (exact) mass is 271 g/mol. The average molecular weight is 271 g/mol. The average Bonchev–Trinajstić information content (AvgIpc) is 2.92. The van der Waals surface area contributed by atoms with Gasteiger partial charge in [0.1, 0.15) is 11.5 Å². The summed E-state index contributed by atoms with van der Waals surface area (Å²) in [6, 6.07) is 13.5. The normalized spacial score (nSPS) is 12.6. The highest BCUT2D eigenvalue weighted by Crippen LogP contribution is 2.32. The molecule has 0 aliphatic heterocycles. The van der Waals surface area contributed by atoms with Crippen molar-refractivity contribution in [2.45, 2.75) is 6.04 Å². The lowest BCUT2D eigenvalue weighted by Gasteiger charge is -2.13. The van der Waals surface area contributed by atoms with Gasteiger partial charge in [0.05, 0.1) is 13.2 Å². The maximum atomic E-state index is 13.7. The maximum absolute atomic E-state index is 13.7. The van der Waals surface area contributed by atoms with Gasteiger partial charge >= 0.3 is 0 Å². The van der Waals surface area contributed by atoms with Gasteiger partial charge in [-0.05, 0) is 18.2 Å². The van der Waals surface area contributed by atoms with E-state index in [4.69, 9.17) is 14.9 Å². The minimum atomic E-state index is -0.502. The fourth-order valence-corrected chi connectivity index (χ4v) is 2.28. The SMILES string of the molecule is COc1ccccc1C(N)c1cc2cccc(F)c2o1. The zero-order valence-electron chi connectivity index (χ0n) is 11.0. The van der Waals surface area contributed by atoms with Crippen LogP contribution in [-0.4, -0.2) is 7.11 Å². The lowest BCUT2D eigenvalue weighted by Crippen LogP contribution is -2.12. The molecule has 1 atom stereocenters. The first kappa shape index (κ1) is 12.7. The van der Waals surface area contributed by atoms with Gasteiger partial charge in [0, 0.05) is 10.9 Å². The summed E-state index contributed by atoms with van der Waals surface area (Å²) >= 11 is 0. The van der Waals surface area contributed by atoms with E-state index in [1.54, 1.807) is 25.3 Å². The number of nitrogens with two attached hydrogens (primary N) is 1. The van der Waals surface area contributed by atoms with Crippen molar-refractivity contribution >= 4 is 11.0 Å². The Morgan fingerprint density at radius 2 is 1.95 bits per heavy atom. The Kier molecular flexibility index (Phi) is 3.16. The van der Waals surface area contributed by atoms with Crippen LogP contribution in [0.1, 0.15) is 17.4 Å². The number of hydrogen-bond acceptors (Lipinski definition) is 3. The van der Waals surface area contributed by atoms with Crippen molar-refractivity contribution < 1.29 is 13.5 Å². The first-order chi connectivity index (χ1) is 9.70. The van der Waals surface area contributed by atoms with E-state index in [2.05, 4.69) is 0 Å². The molecule has 0 fully saturated rings. The Morgan fingerprint density at radius 3 is 2.70 bits per heavy atom. The van der Waals surface area contributed by atoms with Crippen LogP contribution in [0.4, 0.5) is 4.39 Å². The fourth-order valence-electron chi connectivity index (χ4n) is 2.28. The van der Waals surface area contributed by atoms with Crippen molar-refractivity contribution in [3.8, 4) is 5.75 Å². The molecule has 0 aliphatic rings. The number of ether oxygens (including phenoxy) is 1. The van der Waals surface area contributed by atoms with Gasteiger partial charge in [-0.3, -0.25) is 0 Å². The van der Waals surface area contributed by atoms with E-state index in [1.807, 2.05) is 24.3 Å². The van der Waals surface area contributed by atoms with E-state index < -0.39 is 6.04 Å². The largest absolute Gasteiger partial charge is 0.496 e. The van der Waals surface area contributed by atoms with Crippen molar-refractivity contribution in [1.82, 2.24) is 0 Å². The molecule has 0 bridgehead atoms. The summed E-state index contributed by atoms with van der Waals surface area (Å²) in [4.78, 5) is 0. The lowest BCUT2D eigenvalue weighted by molar-refractivity contribution is 0.404. The zero-order valence-corrected chi connectivity index (χ0v) is 11.0. The van der Waals surface area contributed by atoms with Crippen molar-refractivity contribution in [2.75, 3.05) is 7.11 Å². The maximum Gasteiger partial charge on any atom is 0.169 e. The molecule has 2 N–H and O–H groups in total. The van der Waals surface area contributed by atoms with Crippen LogP contribution < -0.4 is 10.5 Å². The number of halogens is 1.